The molecule has 2 heterocycles. The highest BCUT2D eigenvalue weighted by Crippen LogP contribution is 2.37. The molecule has 0 spiro atoms. The maximum atomic E-state index is 14.1. The molecule has 0 saturated carbocycles. The van der Waals surface area contributed by atoms with Crippen molar-refractivity contribution in [3.63, 3.8) is 0 Å². The van der Waals surface area contributed by atoms with Gasteiger partial charge in [0.25, 0.3) is 5.56 Å². The van der Waals surface area contributed by atoms with Crippen LogP contribution in [0.3, 0.4) is 0 Å². The molecule has 9 heteroatoms. The van der Waals surface area contributed by atoms with Gasteiger partial charge in [-0.2, -0.15) is 5.10 Å². The van der Waals surface area contributed by atoms with Gasteiger partial charge in [0, 0.05) is 34.3 Å². The third-order valence-electron chi connectivity index (χ3n) is 6.28. The molecule has 1 atom stereocenters. The van der Waals surface area contributed by atoms with Crippen LogP contribution < -0.4 is 5.56 Å². The average molecular weight is 518 g/mol. The summed E-state index contributed by atoms with van der Waals surface area (Å²) >= 11 is 6.31. The first-order valence-electron chi connectivity index (χ1n) is 11.6. The number of hydrazone groups is 1. The minimum Gasteiger partial charge on any atom is -0.481 e. The maximum Gasteiger partial charge on any atom is 0.303 e. The number of pyridine rings is 1. The number of nitrogens with zero attached hydrogens (tertiary/aromatic N) is 2. The summed E-state index contributed by atoms with van der Waals surface area (Å²) in [6, 6.07) is 19.6. The van der Waals surface area contributed by atoms with Gasteiger partial charge >= 0.3 is 5.97 Å². The molecule has 1 amide bonds. The van der Waals surface area contributed by atoms with Gasteiger partial charge in [-0.1, -0.05) is 54.1 Å². The molecule has 37 heavy (non-hydrogen) atoms. The van der Waals surface area contributed by atoms with Crippen LogP contribution in [-0.2, 0) is 9.59 Å². The van der Waals surface area contributed by atoms with Gasteiger partial charge in [0.1, 0.15) is 5.82 Å². The number of halogens is 2. The van der Waals surface area contributed by atoms with Crippen LogP contribution in [-0.4, -0.2) is 32.7 Å². The molecule has 4 aromatic rings. The van der Waals surface area contributed by atoms with Crippen molar-refractivity contribution in [2.75, 3.05) is 0 Å². The molecule has 1 aliphatic rings. The number of aromatic nitrogens is 1. The summed E-state index contributed by atoms with van der Waals surface area (Å²) < 4.78 is 14.1. The quantitative estimate of drug-likeness (QED) is 0.351. The standard InChI is InChI=1S/C28H21ClFN3O4/c29-18-9-10-21-20(14-18)26(16-5-2-1-3-6-16)27(28(37)31-21)22-15-23(17-7-4-8-19(30)13-17)33(32-22)24(34)11-12-25(35)36/h1-10,13-14,23H,11-12,15H2,(H,31,37)(H,35,36). The van der Waals surface area contributed by atoms with Crippen molar-refractivity contribution >= 4 is 40.1 Å². The van der Waals surface area contributed by atoms with Gasteiger partial charge in [-0.05, 0) is 41.5 Å². The van der Waals surface area contributed by atoms with Crippen molar-refractivity contribution in [1.29, 1.82) is 0 Å². The molecule has 1 aromatic heterocycles. The lowest BCUT2D eigenvalue weighted by molar-refractivity contribution is -0.141. The molecule has 0 radical (unpaired) electrons. The number of H-pyrrole nitrogens is 1. The lowest BCUT2D eigenvalue weighted by Gasteiger charge is -2.22. The molecule has 0 fully saturated rings. The van der Waals surface area contributed by atoms with Gasteiger partial charge in [0.05, 0.1) is 23.7 Å². The van der Waals surface area contributed by atoms with E-state index in [-0.39, 0.29) is 24.8 Å². The zero-order valence-electron chi connectivity index (χ0n) is 19.4. The zero-order chi connectivity index (χ0) is 26.1. The van der Waals surface area contributed by atoms with Crippen molar-refractivity contribution in [2.45, 2.75) is 25.3 Å². The van der Waals surface area contributed by atoms with E-state index in [0.29, 0.717) is 32.8 Å². The number of carboxylic acids is 1. The summed E-state index contributed by atoms with van der Waals surface area (Å²) in [6.07, 6.45) is -0.523. The molecule has 2 N–H and O–H groups in total. The number of carboxylic acid groups (broad SMARTS) is 1. The van der Waals surface area contributed by atoms with Crippen LogP contribution in [0.4, 0.5) is 4.39 Å². The first-order chi connectivity index (χ1) is 17.8. The summed E-state index contributed by atoms with van der Waals surface area (Å²) in [5.74, 6) is -2.13. The number of carbonyl (C=O) groups excluding carboxylic acids is 1. The summed E-state index contributed by atoms with van der Waals surface area (Å²) in [5.41, 5.74) is 2.66. The number of nitrogens with one attached hydrogen (secondary N) is 1. The highest BCUT2D eigenvalue weighted by atomic mass is 35.5. The average Bonchev–Trinajstić information content (AvgIpc) is 3.32. The molecule has 0 saturated heterocycles. The van der Waals surface area contributed by atoms with Gasteiger partial charge in [0.2, 0.25) is 5.91 Å². The number of fused-ring (bicyclic) bond motifs is 1. The zero-order valence-corrected chi connectivity index (χ0v) is 20.2. The Morgan fingerprint density at radius 2 is 1.81 bits per heavy atom. The fraction of sp³-hybridized carbons (Fsp3) is 0.143. The van der Waals surface area contributed by atoms with Crippen LogP contribution in [0.15, 0.2) is 82.7 Å². The largest absolute Gasteiger partial charge is 0.481 e. The second-order valence-electron chi connectivity index (χ2n) is 8.71. The minimum absolute atomic E-state index is 0.136. The number of hydrogen-bond acceptors (Lipinski definition) is 4. The minimum atomic E-state index is -1.12. The van der Waals surface area contributed by atoms with Crippen LogP contribution in [0, 0.1) is 5.82 Å². The second kappa shape index (κ2) is 9.99. The molecule has 0 aliphatic carbocycles. The van der Waals surface area contributed by atoms with Gasteiger partial charge in [-0.3, -0.25) is 14.4 Å². The summed E-state index contributed by atoms with van der Waals surface area (Å²) in [4.78, 5) is 40.5. The molecule has 3 aromatic carbocycles. The van der Waals surface area contributed by atoms with E-state index in [0.717, 1.165) is 5.56 Å². The normalized spacial score (nSPS) is 15.1. The van der Waals surface area contributed by atoms with E-state index in [9.17, 15) is 18.8 Å². The predicted octanol–water partition coefficient (Wildman–Crippen LogP) is 5.53. The van der Waals surface area contributed by atoms with Crippen LogP contribution in [0.1, 0.15) is 36.4 Å². The number of hydrogen-bond donors (Lipinski definition) is 2. The van der Waals surface area contributed by atoms with Crippen LogP contribution in [0.25, 0.3) is 22.0 Å². The predicted molar refractivity (Wildman–Crippen MR) is 139 cm³/mol. The number of carbonyl (C=O) groups is 2. The molecule has 1 unspecified atom stereocenters. The van der Waals surface area contributed by atoms with E-state index in [4.69, 9.17) is 16.7 Å². The maximum absolute atomic E-state index is 14.1. The van der Waals surface area contributed by atoms with Crippen LogP contribution in [0.5, 0.6) is 0 Å². The Labute approximate surface area is 215 Å². The monoisotopic (exact) mass is 517 g/mol. The third-order valence-corrected chi connectivity index (χ3v) is 6.51. The Balaban J connectivity index is 1.70. The molecule has 1 aliphatic heterocycles. The Kier molecular flexibility index (Phi) is 6.58. The third kappa shape index (κ3) is 4.88. The summed E-state index contributed by atoms with van der Waals surface area (Å²) in [7, 11) is 0. The summed E-state index contributed by atoms with van der Waals surface area (Å²) in [6.45, 7) is 0. The first kappa shape index (κ1) is 24.4. The van der Waals surface area contributed by atoms with E-state index in [2.05, 4.69) is 10.1 Å². The van der Waals surface area contributed by atoms with E-state index in [1.165, 1.54) is 23.2 Å². The molecule has 186 valence electrons. The van der Waals surface area contributed by atoms with Crippen molar-refractivity contribution in [3.05, 3.63) is 105 Å². The van der Waals surface area contributed by atoms with Crippen molar-refractivity contribution in [1.82, 2.24) is 9.99 Å². The molecular formula is C28H21ClFN3O4. The highest BCUT2D eigenvalue weighted by molar-refractivity contribution is 6.31. The van der Waals surface area contributed by atoms with Gasteiger partial charge in [-0.15, -0.1) is 0 Å². The van der Waals surface area contributed by atoms with Crippen LogP contribution in [0.2, 0.25) is 5.02 Å². The summed E-state index contributed by atoms with van der Waals surface area (Å²) in [5, 5.41) is 16.0. The molecule has 5 rings (SSSR count). The lowest BCUT2D eigenvalue weighted by Crippen LogP contribution is -2.27. The Morgan fingerprint density at radius 3 is 2.54 bits per heavy atom. The van der Waals surface area contributed by atoms with Crippen molar-refractivity contribution in [3.8, 4) is 11.1 Å². The van der Waals surface area contributed by atoms with E-state index in [1.54, 1.807) is 24.3 Å². The van der Waals surface area contributed by atoms with Gasteiger partial charge in [-0.25, -0.2) is 9.40 Å². The fourth-order valence-corrected chi connectivity index (χ4v) is 4.81. The number of rotatable bonds is 6. The Hall–Kier alpha value is -4.30. The number of aliphatic carboxylic acids is 1. The first-order valence-corrected chi connectivity index (χ1v) is 12.0. The lowest BCUT2D eigenvalue weighted by atomic mass is 9.91. The van der Waals surface area contributed by atoms with Crippen molar-refractivity contribution in [2.24, 2.45) is 5.10 Å². The Morgan fingerprint density at radius 1 is 1.03 bits per heavy atom. The van der Waals surface area contributed by atoms with E-state index in [1.807, 2.05) is 30.3 Å². The number of benzene rings is 3. The molecule has 0 bridgehead atoms. The Bertz CT molecular complexity index is 1620. The highest BCUT2D eigenvalue weighted by Gasteiger charge is 2.35. The van der Waals surface area contributed by atoms with Gasteiger partial charge in [0.15, 0.2) is 0 Å². The fourth-order valence-electron chi connectivity index (χ4n) is 4.64. The van der Waals surface area contributed by atoms with Crippen LogP contribution >= 0.6 is 11.6 Å². The topological polar surface area (TPSA) is 103 Å². The number of aromatic amines is 1. The smallest absolute Gasteiger partial charge is 0.303 e. The second-order valence-corrected chi connectivity index (χ2v) is 9.15. The molecular weight excluding hydrogens is 497 g/mol. The van der Waals surface area contributed by atoms with Crippen molar-refractivity contribution < 1.29 is 19.1 Å². The number of amides is 1. The molecule has 7 nitrogen and oxygen atoms in total. The van der Waals surface area contributed by atoms with Gasteiger partial charge < -0.3 is 10.1 Å². The SMILES string of the molecule is O=C(O)CCC(=O)N1N=C(c2c(-c3ccccc3)c3cc(Cl)ccc3[nH]c2=O)CC1c1cccc(F)c1. The van der Waals surface area contributed by atoms with E-state index >= 15 is 0 Å². The van der Waals surface area contributed by atoms with E-state index < -0.39 is 29.3 Å².